The predicted molar refractivity (Wildman–Crippen MR) is 127 cm³/mol. The van der Waals surface area contributed by atoms with E-state index >= 15 is 0 Å². The van der Waals surface area contributed by atoms with Crippen molar-refractivity contribution in [3.63, 3.8) is 0 Å². The third-order valence-corrected chi connectivity index (χ3v) is 7.08. The molecule has 1 aliphatic rings. The van der Waals surface area contributed by atoms with Crippen molar-refractivity contribution in [2.24, 2.45) is 5.41 Å². The number of hydrogen-bond donors (Lipinski definition) is 0. The Balaban J connectivity index is 1.62. The molecule has 6 heteroatoms. The number of hydrogen-bond acceptors (Lipinski definition) is 3. The molecule has 1 saturated heterocycles. The number of fused-ring (bicyclic) bond motifs is 1. The molecule has 1 fully saturated rings. The Kier molecular flexibility index (Phi) is 5.69. The molecule has 0 aliphatic carbocycles. The fraction of sp³-hybridized carbons (Fsp3) is 0.440. The lowest BCUT2D eigenvalue weighted by molar-refractivity contribution is -0.143. The molecule has 3 heterocycles. The lowest BCUT2D eigenvalue weighted by Crippen LogP contribution is -2.57. The molecule has 31 heavy (non-hydrogen) atoms. The summed E-state index contributed by atoms with van der Waals surface area (Å²) in [5, 5.41) is 3.18. The zero-order valence-corrected chi connectivity index (χ0v) is 19.8. The van der Waals surface area contributed by atoms with Crippen LogP contribution in [0.5, 0.6) is 0 Å². The van der Waals surface area contributed by atoms with Gasteiger partial charge in [0, 0.05) is 36.5 Å². The second-order valence-corrected chi connectivity index (χ2v) is 10.4. The Labute approximate surface area is 188 Å². The molecule has 164 valence electrons. The van der Waals surface area contributed by atoms with Gasteiger partial charge in [0.15, 0.2) is 0 Å². The molecular formula is C25H31N3O2S. The van der Waals surface area contributed by atoms with E-state index in [1.165, 1.54) is 5.56 Å². The minimum atomic E-state index is -0.412. The molecule has 2 unspecified atom stereocenters. The van der Waals surface area contributed by atoms with Crippen LogP contribution < -0.4 is 0 Å². The maximum atomic E-state index is 13.6. The highest BCUT2D eigenvalue weighted by atomic mass is 32.1. The summed E-state index contributed by atoms with van der Waals surface area (Å²) in [7, 11) is 0. The van der Waals surface area contributed by atoms with E-state index in [0.29, 0.717) is 19.6 Å². The summed E-state index contributed by atoms with van der Waals surface area (Å²) < 4.78 is 2.18. The van der Waals surface area contributed by atoms with Crippen molar-refractivity contribution in [3.05, 3.63) is 59.1 Å². The van der Waals surface area contributed by atoms with Crippen molar-refractivity contribution in [2.75, 3.05) is 19.6 Å². The molecule has 1 aromatic carbocycles. The van der Waals surface area contributed by atoms with Gasteiger partial charge in [-0.15, -0.1) is 11.3 Å². The Bertz CT molecular complexity index is 1090. The number of benzene rings is 1. The molecule has 5 nitrogen and oxygen atoms in total. The number of rotatable bonds is 3. The van der Waals surface area contributed by atoms with Crippen LogP contribution in [0.15, 0.2) is 47.8 Å². The summed E-state index contributed by atoms with van der Waals surface area (Å²) in [5.74, 6) is 0.189. The topological polar surface area (TPSA) is 45.6 Å². The van der Waals surface area contributed by atoms with Crippen LogP contribution in [0.1, 0.15) is 56.7 Å². The second kappa shape index (κ2) is 8.15. The van der Waals surface area contributed by atoms with Crippen LogP contribution >= 0.6 is 11.3 Å². The van der Waals surface area contributed by atoms with Crippen molar-refractivity contribution in [2.45, 2.75) is 46.7 Å². The Morgan fingerprint density at radius 1 is 1.10 bits per heavy atom. The molecule has 2 atom stereocenters. The van der Waals surface area contributed by atoms with Gasteiger partial charge in [0.1, 0.15) is 10.5 Å². The van der Waals surface area contributed by atoms with Crippen LogP contribution in [-0.2, 0) is 4.79 Å². The summed E-state index contributed by atoms with van der Waals surface area (Å²) in [4.78, 5) is 31.4. The van der Waals surface area contributed by atoms with Gasteiger partial charge in [-0.1, -0.05) is 51.1 Å². The number of carbonyl (C=O) groups is 2. The van der Waals surface area contributed by atoms with E-state index in [4.69, 9.17) is 0 Å². The second-order valence-electron chi connectivity index (χ2n) is 9.52. The third kappa shape index (κ3) is 4.01. The molecule has 2 amide bonds. The Morgan fingerprint density at radius 2 is 1.81 bits per heavy atom. The summed E-state index contributed by atoms with van der Waals surface area (Å²) in [6.07, 6.45) is 0. The monoisotopic (exact) mass is 437 g/mol. The van der Waals surface area contributed by atoms with E-state index < -0.39 is 5.41 Å². The van der Waals surface area contributed by atoms with E-state index in [2.05, 4.69) is 35.1 Å². The molecule has 1 aliphatic heterocycles. The summed E-state index contributed by atoms with van der Waals surface area (Å²) in [6.45, 7) is 11.7. The van der Waals surface area contributed by atoms with Gasteiger partial charge in [-0.3, -0.25) is 9.59 Å². The molecule has 0 N–H and O–H groups in total. The largest absolute Gasteiger partial charge is 0.336 e. The van der Waals surface area contributed by atoms with E-state index in [0.717, 1.165) is 15.9 Å². The molecule has 2 aromatic heterocycles. The summed E-state index contributed by atoms with van der Waals surface area (Å²) >= 11 is 1.67. The zero-order chi connectivity index (χ0) is 22.3. The van der Waals surface area contributed by atoms with Crippen LogP contribution in [0.4, 0.5) is 0 Å². The van der Waals surface area contributed by atoms with Gasteiger partial charge in [0.2, 0.25) is 5.91 Å². The minimum absolute atomic E-state index is 0.000464. The highest BCUT2D eigenvalue weighted by molar-refractivity contribution is 7.16. The van der Waals surface area contributed by atoms with Gasteiger partial charge in [-0.25, -0.2) is 0 Å². The Morgan fingerprint density at radius 3 is 2.45 bits per heavy atom. The average molecular weight is 438 g/mol. The van der Waals surface area contributed by atoms with Crippen molar-refractivity contribution < 1.29 is 9.59 Å². The first-order valence-electron chi connectivity index (χ1n) is 10.9. The highest BCUT2D eigenvalue weighted by Crippen LogP contribution is 2.32. The van der Waals surface area contributed by atoms with E-state index in [-0.39, 0.29) is 23.9 Å². The van der Waals surface area contributed by atoms with Gasteiger partial charge in [-0.2, -0.15) is 0 Å². The van der Waals surface area contributed by atoms with E-state index in [9.17, 15) is 9.59 Å². The molecule has 4 rings (SSSR count). The van der Waals surface area contributed by atoms with Crippen molar-refractivity contribution in [1.82, 2.24) is 14.4 Å². The van der Waals surface area contributed by atoms with Crippen LogP contribution in [0.25, 0.3) is 10.2 Å². The van der Waals surface area contributed by atoms with E-state index in [1.807, 2.05) is 61.8 Å². The highest BCUT2D eigenvalue weighted by Gasteiger charge is 2.36. The predicted octanol–water partition coefficient (Wildman–Crippen LogP) is 5.03. The summed E-state index contributed by atoms with van der Waals surface area (Å²) in [5.41, 5.74) is 1.49. The number of aromatic nitrogens is 1. The normalized spacial score (nSPS) is 18.4. The minimum Gasteiger partial charge on any atom is -0.336 e. The SMILES string of the molecule is CC1CN(C(=O)c2cc3ccsc3n2C(C)c2ccccc2)CCN1C(=O)C(C)(C)C. The molecule has 0 radical (unpaired) electrons. The zero-order valence-electron chi connectivity index (χ0n) is 19.0. The number of nitrogens with zero attached hydrogens (tertiary/aromatic N) is 3. The standard InChI is InChI=1S/C25H31N3O2S/c1-17-16-26(12-13-27(17)24(30)25(3,4)5)22(29)21-15-20-11-14-31-23(20)28(21)18(2)19-9-7-6-8-10-19/h6-11,14-15,17-18H,12-13,16H2,1-5H3. The molecule has 0 saturated carbocycles. The van der Waals surface area contributed by atoms with Crippen LogP contribution in [0, 0.1) is 5.41 Å². The lowest BCUT2D eigenvalue weighted by Gasteiger charge is -2.42. The smallest absolute Gasteiger partial charge is 0.270 e. The van der Waals surface area contributed by atoms with Crippen LogP contribution in [0.3, 0.4) is 0 Å². The fourth-order valence-electron chi connectivity index (χ4n) is 4.41. The van der Waals surface area contributed by atoms with Crippen LogP contribution in [0.2, 0.25) is 0 Å². The molecule has 3 aromatic rings. The van der Waals surface area contributed by atoms with Gasteiger partial charge < -0.3 is 14.4 Å². The first-order chi connectivity index (χ1) is 14.7. The third-order valence-electron chi connectivity index (χ3n) is 6.15. The fourth-order valence-corrected chi connectivity index (χ4v) is 5.39. The quantitative estimate of drug-likeness (QED) is 0.577. The maximum Gasteiger partial charge on any atom is 0.270 e. The Hall–Kier alpha value is -2.60. The average Bonchev–Trinajstić information content (AvgIpc) is 3.33. The number of thiophene rings is 1. The molecular weight excluding hydrogens is 406 g/mol. The molecule has 0 spiro atoms. The van der Waals surface area contributed by atoms with Gasteiger partial charge in [0.05, 0.1) is 6.04 Å². The molecule has 0 bridgehead atoms. The van der Waals surface area contributed by atoms with Gasteiger partial charge in [0.25, 0.3) is 5.91 Å². The maximum absolute atomic E-state index is 13.6. The number of carbonyl (C=O) groups excluding carboxylic acids is 2. The first kappa shape index (κ1) is 21.6. The van der Waals surface area contributed by atoms with E-state index in [1.54, 1.807) is 11.3 Å². The van der Waals surface area contributed by atoms with Gasteiger partial charge >= 0.3 is 0 Å². The first-order valence-corrected chi connectivity index (χ1v) is 11.8. The van der Waals surface area contributed by atoms with Crippen molar-refractivity contribution >= 4 is 33.4 Å². The van der Waals surface area contributed by atoms with Crippen LogP contribution in [-0.4, -0.2) is 51.9 Å². The van der Waals surface area contributed by atoms with Gasteiger partial charge in [-0.05, 0) is 36.9 Å². The lowest BCUT2D eigenvalue weighted by atomic mass is 9.93. The number of amides is 2. The van der Waals surface area contributed by atoms with Crippen molar-refractivity contribution in [3.8, 4) is 0 Å². The summed E-state index contributed by atoms with van der Waals surface area (Å²) in [6, 6.07) is 14.5. The van der Waals surface area contributed by atoms with Crippen molar-refractivity contribution in [1.29, 1.82) is 0 Å². The number of piperazine rings is 1.